The molecule has 0 saturated heterocycles. The Morgan fingerprint density at radius 1 is 1.26 bits per heavy atom. The Morgan fingerprint density at radius 3 is 2.89 bits per heavy atom. The first-order valence-corrected chi connectivity index (χ1v) is 6.53. The van der Waals surface area contributed by atoms with E-state index < -0.39 is 0 Å². The fraction of sp³-hybridized carbons (Fsp3) is 0.0909. The van der Waals surface area contributed by atoms with Gasteiger partial charge in [-0.05, 0) is 19.1 Å². The zero-order chi connectivity index (χ0) is 13.4. The van der Waals surface area contributed by atoms with Gasteiger partial charge in [0.1, 0.15) is 28.5 Å². The minimum atomic E-state index is 0.398. The molecule has 96 valence electrons. The fourth-order valence-corrected chi connectivity index (χ4v) is 2.47. The number of fused-ring (bicyclic) bond motifs is 1. The van der Waals surface area contributed by atoms with Crippen LogP contribution in [0.4, 0.5) is 17.3 Å². The summed E-state index contributed by atoms with van der Waals surface area (Å²) in [7, 11) is 0. The highest BCUT2D eigenvalue weighted by atomic mass is 35.5. The third-order valence-corrected chi connectivity index (χ3v) is 3.35. The number of hydrogen-bond acceptors (Lipinski definition) is 7. The molecule has 0 atom stereocenters. The number of anilines is 3. The maximum atomic E-state index is 6.19. The maximum absolute atomic E-state index is 6.19. The first kappa shape index (κ1) is 12.1. The van der Waals surface area contributed by atoms with Crippen molar-refractivity contribution in [2.45, 2.75) is 6.92 Å². The number of hydrogen-bond donors (Lipinski definition) is 2. The van der Waals surface area contributed by atoms with Gasteiger partial charge in [-0.25, -0.2) is 9.97 Å². The van der Waals surface area contributed by atoms with Crippen LogP contribution in [0.5, 0.6) is 0 Å². The lowest BCUT2D eigenvalue weighted by atomic mass is 10.2. The van der Waals surface area contributed by atoms with E-state index in [-0.39, 0.29) is 0 Å². The van der Waals surface area contributed by atoms with Gasteiger partial charge in [-0.2, -0.15) is 8.75 Å². The number of rotatable bonds is 2. The van der Waals surface area contributed by atoms with E-state index in [1.807, 2.05) is 6.07 Å². The van der Waals surface area contributed by atoms with Crippen molar-refractivity contribution in [1.29, 1.82) is 0 Å². The molecule has 0 fully saturated rings. The fourth-order valence-electron chi connectivity index (χ4n) is 1.73. The molecule has 3 aromatic rings. The smallest absolute Gasteiger partial charge is 0.136 e. The lowest BCUT2D eigenvalue weighted by molar-refractivity contribution is 1.06. The lowest BCUT2D eigenvalue weighted by Crippen LogP contribution is -2.01. The van der Waals surface area contributed by atoms with Crippen LogP contribution in [-0.4, -0.2) is 18.7 Å². The van der Waals surface area contributed by atoms with Crippen molar-refractivity contribution in [3.8, 4) is 0 Å². The average Bonchev–Trinajstić information content (AvgIpc) is 2.80. The molecule has 0 radical (unpaired) electrons. The highest BCUT2D eigenvalue weighted by Crippen LogP contribution is 2.32. The zero-order valence-electron chi connectivity index (χ0n) is 9.88. The monoisotopic (exact) mass is 292 g/mol. The Hall–Kier alpha value is -1.99. The van der Waals surface area contributed by atoms with Crippen molar-refractivity contribution in [2.75, 3.05) is 11.1 Å². The van der Waals surface area contributed by atoms with Gasteiger partial charge >= 0.3 is 0 Å². The molecule has 0 aliphatic carbocycles. The van der Waals surface area contributed by atoms with Crippen LogP contribution in [0.15, 0.2) is 18.2 Å². The van der Waals surface area contributed by atoms with Crippen LogP contribution >= 0.6 is 23.3 Å². The van der Waals surface area contributed by atoms with Crippen LogP contribution in [0, 0.1) is 6.92 Å². The first-order valence-electron chi connectivity index (χ1n) is 5.42. The molecule has 2 aromatic heterocycles. The van der Waals surface area contributed by atoms with Crippen molar-refractivity contribution < 1.29 is 0 Å². The summed E-state index contributed by atoms with van der Waals surface area (Å²) >= 11 is 7.33. The van der Waals surface area contributed by atoms with Gasteiger partial charge in [0.05, 0.1) is 22.4 Å². The molecule has 3 N–H and O–H groups in total. The summed E-state index contributed by atoms with van der Waals surface area (Å²) < 4.78 is 8.40. The number of nitrogens with two attached hydrogens (primary N) is 1. The Kier molecular flexibility index (Phi) is 2.92. The van der Waals surface area contributed by atoms with Crippen LogP contribution in [0.3, 0.4) is 0 Å². The van der Waals surface area contributed by atoms with E-state index in [4.69, 9.17) is 17.3 Å². The number of halogens is 1. The molecule has 0 bridgehead atoms. The Morgan fingerprint density at radius 2 is 2.11 bits per heavy atom. The summed E-state index contributed by atoms with van der Waals surface area (Å²) in [6, 6.07) is 5.24. The predicted molar refractivity (Wildman–Crippen MR) is 76.9 cm³/mol. The second-order valence-corrected chi connectivity index (χ2v) is 4.84. The Balaban J connectivity index is 2.09. The van der Waals surface area contributed by atoms with Gasteiger partial charge in [0.25, 0.3) is 0 Å². The number of nitrogens with one attached hydrogen (secondary N) is 1. The molecule has 0 aliphatic rings. The molecule has 8 heteroatoms. The van der Waals surface area contributed by atoms with Gasteiger partial charge in [0, 0.05) is 6.07 Å². The van der Waals surface area contributed by atoms with E-state index in [9.17, 15) is 0 Å². The minimum absolute atomic E-state index is 0.398. The molecule has 0 amide bonds. The van der Waals surface area contributed by atoms with Crippen molar-refractivity contribution in [3.05, 3.63) is 29.0 Å². The summed E-state index contributed by atoms with van der Waals surface area (Å²) in [6.45, 7) is 1.77. The van der Waals surface area contributed by atoms with Gasteiger partial charge in [0.2, 0.25) is 0 Å². The van der Waals surface area contributed by atoms with E-state index >= 15 is 0 Å². The SMILES string of the molecule is Cc1nc(N)cc(Nc2c(Cl)ccc3nsnc23)n1. The molecular weight excluding hydrogens is 284 g/mol. The first-order chi connectivity index (χ1) is 9.13. The zero-order valence-corrected chi connectivity index (χ0v) is 11.5. The Bertz CT molecular complexity index is 736. The van der Waals surface area contributed by atoms with Gasteiger partial charge in [-0.15, -0.1) is 0 Å². The lowest BCUT2D eigenvalue weighted by Gasteiger charge is -2.09. The van der Waals surface area contributed by atoms with Crippen LogP contribution in [0.2, 0.25) is 5.02 Å². The highest BCUT2D eigenvalue weighted by Gasteiger charge is 2.11. The summed E-state index contributed by atoms with van der Waals surface area (Å²) in [5.74, 6) is 1.56. The molecule has 0 spiro atoms. The van der Waals surface area contributed by atoms with E-state index in [0.29, 0.717) is 33.7 Å². The summed E-state index contributed by atoms with van der Waals surface area (Å²) in [6.07, 6.45) is 0. The van der Waals surface area contributed by atoms with E-state index in [1.165, 1.54) is 0 Å². The van der Waals surface area contributed by atoms with Gasteiger partial charge < -0.3 is 11.1 Å². The molecule has 3 rings (SSSR count). The number of aryl methyl sites for hydroxylation is 1. The number of nitrogen functional groups attached to an aromatic ring is 1. The second kappa shape index (κ2) is 4.60. The van der Waals surface area contributed by atoms with Crippen molar-refractivity contribution >= 4 is 51.7 Å². The third kappa shape index (κ3) is 2.29. The van der Waals surface area contributed by atoms with Crippen LogP contribution in [-0.2, 0) is 0 Å². The number of nitrogens with zero attached hydrogens (tertiary/aromatic N) is 4. The van der Waals surface area contributed by atoms with Crippen molar-refractivity contribution in [3.63, 3.8) is 0 Å². The van der Waals surface area contributed by atoms with Crippen LogP contribution in [0.25, 0.3) is 11.0 Å². The predicted octanol–water partition coefficient (Wildman–Crippen LogP) is 2.77. The summed E-state index contributed by atoms with van der Waals surface area (Å²) in [5.41, 5.74) is 7.87. The Labute approximate surface area is 118 Å². The van der Waals surface area contributed by atoms with Crippen LogP contribution < -0.4 is 11.1 Å². The molecule has 0 saturated carbocycles. The molecule has 1 aromatic carbocycles. The van der Waals surface area contributed by atoms with E-state index in [0.717, 1.165) is 17.2 Å². The highest BCUT2D eigenvalue weighted by molar-refractivity contribution is 7.00. The average molecular weight is 293 g/mol. The van der Waals surface area contributed by atoms with E-state index in [1.54, 1.807) is 19.1 Å². The van der Waals surface area contributed by atoms with Gasteiger partial charge in [-0.1, -0.05) is 11.6 Å². The molecule has 19 heavy (non-hydrogen) atoms. The van der Waals surface area contributed by atoms with Gasteiger partial charge in [0.15, 0.2) is 0 Å². The molecule has 2 heterocycles. The number of aromatic nitrogens is 4. The van der Waals surface area contributed by atoms with E-state index in [2.05, 4.69) is 24.0 Å². The molecule has 0 aliphatic heterocycles. The topological polar surface area (TPSA) is 89.6 Å². The van der Waals surface area contributed by atoms with Crippen LogP contribution in [0.1, 0.15) is 5.82 Å². The molecule has 6 nitrogen and oxygen atoms in total. The third-order valence-electron chi connectivity index (χ3n) is 2.49. The van der Waals surface area contributed by atoms with Crippen molar-refractivity contribution in [2.24, 2.45) is 0 Å². The molecular formula is C11H9ClN6S. The molecule has 0 unspecified atom stereocenters. The van der Waals surface area contributed by atoms with Crippen molar-refractivity contribution in [1.82, 2.24) is 18.7 Å². The quantitative estimate of drug-likeness (QED) is 0.755. The maximum Gasteiger partial charge on any atom is 0.136 e. The van der Waals surface area contributed by atoms with Gasteiger partial charge in [-0.3, -0.25) is 0 Å². The standard InChI is InChI=1S/C11H9ClN6S/c1-5-14-8(13)4-9(15-5)16-10-6(12)2-3-7-11(10)18-19-17-7/h2-4H,1H3,(H3,13,14,15,16). The summed E-state index contributed by atoms with van der Waals surface area (Å²) in [5, 5.41) is 3.68. The largest absolute Gasteiger partial charge is 0.384 e. The minimum Gasteiger partial charge on any atom is -0.384 e. The normalized spacial score (nSPS) is 10.8. The second-order valence-electron chi connectivity index (χ2n) is 3.90. The number of benzene rings is 1. The summed E-state index contributed by atoms with van der Waals surface area (Å²) in [4.78, 5) is 8.27.